The highest BCUT2D eigenvalue weighted by Gasteiger charge is 2.14. The van der Waals surface area contributed by atoms with Crippen molar-refractivity contribution in [3.8, 4) is 0 Å². The smallest absolute Gasteiger partial charge is 0.339 e. The third-order valence-corrected chi connectivity index (χ3v) is 5.65. The molecule has 0 aliphatic heterocycles. The number of carbonyl (C=O) groups is 2. The minimum Gasteiger partial charge on any atom is -0.465 e. The van der Waals surface area contributed by atoms with E-state index in [-0.39, 0.29) is 11.9 Å². The molecule has 25 heavy (non-hydrogen) atoms. The Kier molecular flexibility index (Phi) is 9.95. The number of esters is 2. The second kappa shape index (κ2) is 11.1. The standard InChI is InChI=1S/C9H8BrIO2.C9H9IO2/c1-13-9(12)8-6(5-10)3-2-4-7(8)11;1-6-4-3-5-7(10)8(6)9(11)12-2/h2-4H,5H2,1H3;3-5H,1-2H3. The van der Waals surface area contributed by atoms with Gasteiger partial charge in [0.15, 0.2) is 0 Å². The number of hydrogen-bond donors (Lipinski definition) is 0. The highest BCUT2D eigenvalue weighted by atomic mass is 127. The number of benzene rings is 2. The van der Waals surface area contributed by atoms with Gasteiger partial charge in [0.25, 0.3) is 0 Å². The van der Waals surface area contributed by atoms with Crippen LogP contribution in [0.4, 0.5) is 0 Å². The lowest BCUT2D eigenvalue weighted by Gasteiger charge is -2.06. The fraction of sp³-hybridized carbons (Fsp3) is 0.222. The molecule has 0 aliphatic rings. The van der Waals surface area contributed by atoms with Crippen LogP contribution in [0.25, 0.3) is 0 Å². The Morgan fingerprint density at radius 3 is 1.88 bits per heavy atom. The first kappa shape index (κ1) is 22.4. The number of hydrogen-bond acceptors (Lipinski definition) is 4. The van der Waals surface area contributed by atoms with Crippen molar-refractivity contribution >= 4 is 73.1 Å². The Morgan fingerprint density at radius 2 is 1.40 bits per heavy atom. The van der Waals surface area contributed by atoms with Crippen molar-refractivity contribution in [2.24, 2.45) is 0 Å². The van der Waals surface area contributed by atoms with Gasteiger partial charge >= 0.3 is 11.9 Å². The number of carbonyl (C=O) groups excluding carboxylic acids is 2. The molecule has 0 aromatic heterocycles. The molecule has 0 spiro atoms. The Labute approximate surface area is 183 Å². The van der Waals surface area contributed by atoms with Crippen LogP contribution in [-0.2, 0) is 14.8 Å². The van der Waals surface area contributed by atoms with Crippen LogP contribution >= 0.6 is 61.1 Å². The number of alkyl halides is 1. The van der Waals surface area contributed by atoms with E-state index in [2.05, 4.69) is 65.8 Å². The van der Waals surface area contributed by atoms with Crippen molar-refractivity contribution in [2.45, 2.75) is 12.3 Å². The van der Waals surface area contributed by atoms with E-state index in [1.165, 1.54) is 14.2 Å². The summed E-state index contributed by atoms with van der Waals surface area (Å²) in [6, 6.07) is 11.4. The molecule has 134 valence electrons. The molecule has 0 fully saturated rings. The van der Waals surface area contributed by atoms with Gasteiger partial charge in [-0.2, -0.15) is 0 Å². The first-order valence-corrected chi connectivity index (χ1v) is 10.4. The molecule has 0 amide bonds. The fourth-order valence-electron chi connectivity index (χ4n) is 2.00. The van der Waals surface area contributed by atoms with E-state index in [4.69, 9.17) is 4.74 Å². The van der Waals surface area contributed by atoms with E-state index in [0.29, 0.717) is 16.5 Å². The van der Waals surface area contributed by atoms with Gasteiger partial charge in [-0.05, 0) is 75.4 Å². The summed E-state index contributed by atoms with van der Waals surface area (Å²) >= 11 is 7.58. The summed E-state index contributed by atoms with van der Waals surface area (Å²) in [5.74, 6) is -0.544. The van der Waals surface area contributed by atoms with Crippen molar-refractivity contribution in [2.75, 3.05) is 14.2 Å². The number of aryl methyl sites for hydroxylation is 1. The monoisotopic (exact) mass is 630 g/mol. The highest BCUT2D eigenvalue weighted by molar-refractivity contribution is 14.1. The lowest BCUT2D eigenvalue weighted by molar-refractivity contribution is 0.0589. The van der Waals surface area contributed by atoms with Crippen LogP contribution in [-0.4, -0.2) is 26.2 Å². The third-order valence-electron chi connectivity index (χ3n) is 3.24. The van der Waals surface area contributed by atoms with E-state index >= 15 is 0 Å². The molecule has 4 nitrogen and oxygen atoms in total. The molecule has 0 bridgehead atoms. The predicted octanol–water partition coefficient (Wildman–Crippen LogP) is 5.36. The largest absolute Gasteiger partial charge is 0.465 e. The third kappa shape index (κ3) is 6.21. The van der Waals surface area contributed by atoms with Crippen LogP contribution in [0.15, 0.2) is 36.4 Å². The quantitative estimate of drug-likeness (QED) is 0.261. The molecule has 0 heterocycles. The maximum absolute atomic E-state index is 11.4. The van der Waals surface area contributed by atoms with Crippen molar-refractivity contribution in [1.82, 2.24) is 0 Å². The molecule has 2 aromatic carbocycles. The Morgan fingerprint density at radius 1 is 0.920 bits per heavy atom. The summed E-state index contributed by atoms with van der Waals surface area (Å²) in [6.45, 7) is 1.90. The molecule has 0 saturated carbocycles. The molecular weight excluding hydrogens is 614 g/mol. The van der Waals surface area contributed by atoms with Gasteiger partial charge in [0.2, 0.25) is 0 Å². The summed E-state index contributed by atoms with van der Waals surface area (Å²) < 4.78 is 11.2. The SMILES string of the molecule is COC(=O)c1c(C)cccc1I.COC(=O)c1c(I)cccc1CBr. The van der Waals surface area contributed by atoms with Gasteiger partial charge in [0.1, 0.15) is 0 Å². The number of ether oxygens (including phenoxy) is 2. The van der Waals surface area contributed by atoms with Gasteiger partial charge < -0.3 is 9.47 Å². The minimum absolute atomic E-state index is 0.266. The van der Waals surface area contributed by atoms with Gasteiger partial charge in [-0.3, -0.25) is 0 Å². The molecule has 7 heteroatoms. The van der Waals surface area contributed by atoms with Gasteiger partial charge in [-0.1, -0.05) is 40.2 Å². The second-order valence-corrected chi connectivity index (χ2v) is 7.71. The van der Waals surface area contributed by atoms with Crippen LogP contribution in [0.1, 0.15) is 31.8 Å². The average Bonchev–Trinajstić information content (AvgIpc) is 2.61. The van der Waals surface area contributed by atoms with Crippen LogP contribution in [0.3, 0.4) is 0 Å². The summed E-state index contributed by atoms with van der Waals surface area (Å²) in [5.41, 5.74) is 3.23. The zero-order chi connectivity index (χ0) is 19.0. The summed E-state index contributed by atoms with van der Waals surface area (Å²) in [7, 11) is 2.79. The van der Waals surface area contributed by atoms with E-state index in [1.54, 1.807) is 0 Å². The first-order valence-electron chi connectivity index (χ1n) is 7.12. The van der Waals surface area contributed by atoms with E-state index in [0.717, 1.165) is 18.3 Å². The van der Waals surface area contributed by atoms with Gasteiger partial charge in [0.05, 0.1) is 25.3 Å². The molecular formula is C18H17BrI2O4. The lowest BCUT2D eigenvalue weighted by Crippen LogP contribution is -2.07. The topological polar surface area (TPSA) is 52.6 Å². The lowest BCUT2D eigenvalue weighted by atomic mass is 10.1. The first-order chi connectivity index (χ1) is 11.9. The van der Waals surface area contributed by atoms with E-state index in [1.807, 2.05) is 43.3 Å². The molecule has 2 aromatic rings. The van der Waals surface area contributed by atoms with Crippen LogP contribution < -0.4 is 0 Å². The highest BCUT2D eigenvalue weighted by Crippen LogP contribution is 2.20. The molecule has 0 atom stereocenters. The number of rotatable bonds is 3. The second-order valence-electron chi connectivity index (χ2n) is 4.82. The Bertz CT molecular complexity index is 742. The van der Waals surface area contributed by atoms with Gasteiger partial charge in [0, 0.05) is 12.5 Å². The van der Waals surface area contributed by atoms with Crippen molar-refractivity contribution in [3.63, 3.8) is 0 Å². The van der Waals surface area contributed by atoms with Crippen LogP contribution in [0.5, 0.6) is 0 Å². The molecule has 0 N–H and O–H groups in total. The Hall–Kier alpha value is -0.680. The van der Waals surface area contributed by atoms with Crippen LogP contribution in [0.2, 0.25) is 0 Å². The minimum atomic E-state index is -0.278. The van der Waals surface area contributed by atoms with Crippen LogP contribution in [0, 0.1) is 14.1 Å². The normalized spacial score (nSPS) is 9.68. The number of methoxy groups -OCH3 is 2. The Balaban J connectivity index is 0.000000251. The summed E-state index contributed by atoms with van der Waals surface area (Å²) in [5, 5.41) is 0.661. The number of halogens is 3. The van der Waals surface area contributed by atoms with Crippen molar-refractivity contribution in [1.29, 1.82) is 0 Å². The maximum atomic E-state index is 11.4. The molecule has 2 rings (SSSR count). The summed E-state index contributed by atoms with van der Waals surface area (Å²) in [4.78, 5) is 22.6. The zero-order valence-electron chi connectivity index (χ0n) is 13.9. The van der Waals surface area contributed by atoms with Gasteiger partial charge in [-0.25, -0.2) is 9.59 Å². The fourth-order valence-corrected chi connectivity index (χ4v) is 4.10. The average molecular weight is 631 g/mol. The molecule has 0 saturated heterocycles. The molecule has 0 aliphatic carbocycles. The van der Waals surface area contributed by atoms with E-state index in [9.17, 15) is 9.59 Å². The van der Waals surface area contributed by atoms with Crippen molar-refractivity contribution < 1.29 is 19.1 Å². The van der Waals surface area contributed by atoms with Crippen molar-refractivity contribution in [3.05, 3.63) is 65.8 Å². The van der Waals surface area contributed by atoms with Gasteiger partial charge in [-0.15, -0.1) is 0 Å². The zero-order valence-corrected chi connectivity index (χ0v) is 19.8. The summed E-state index contributed by atoms with van der Waals surface area (Å²) in [6.07, 6.45) is 0. The molecule has 0 unspecified atom stereocenters. The van der Waals surface area contributed by atoms with E-state index < -0.39 is 0 Å². The molecule has 0 radical (unpaired) electrons. The maximum Gasteiger partial charge on any atom is 0.339 e. The predicted molar refractivity (Wildman–Crippen MR) is 118 cm³/mol.